The van der Waals surface area contributed by atoms with Crippen LogP contribution in [-0.2, 0) is 4.74 Å². The highest BCUT2D eigenvalue weighted by molar-refractivity contribution is 9.10. The van der Waals surface area contributed by atoms with Gasteiger partial charge in [0, 0.05) is 18.7 Å². The fourth-order valence-electron chi connectivity index (χ4n) is 3.62. The molecule has 3 N–H and O–H groups in total. The number of carbonyl (C=O) groups excluding carboxylic acids is 2. The third kappa shape index (κ3) is 7.52. The zero-order valence-corrected chi connectivity index (χ0v) is 20.9. The van der Waals surface area contributed by atoms with Crippen LogP contribution in [0, 0.1) is 0 Å². The van der Waals surface area contributed by atoms with Crippen LogP contribution in [0.4, 0.5) is 5.69 Å². The van der Waals surface area contributed by atoms with Gasteiger partial charge in [0.1, 0.15) is 12.4 Å². The molecule has 3 rings (SSSR count). The lowest BCUT2D eigenvalue weighted by Gasteiger charge is -2.23. The van der Waals surface area contributed by atoms with Gasteiger partial charge in [0.25, 0.3) is 11.8 Å². The van der Waals surface area contributed by atoms with Crippen LogP contribution in [0.3, 0.4) is 0 Å². The van der Waals surface area contributed by atoms with E-state index in [9.17, 15) is 9.59 Å². The Morgan fingerprint density at radius 1 is 1.06 bits per heavy atom. The molecule has 1 saturated carbocycles. The second-order valence-electron chi connectivity index (χ2n) is 7.75. The first-order valence-electron chi connectivity index (χ1n) is 10.9. The van der Waals surface area contributed by atoms with Gasteiger partial charge < -0.3 is 20.1 Å². The Hall–Kier alpha value is -2.49. The first-order chi connectivity index (χ1) is 16.0. The van der Waals surface area contributed by atoms with Crippen LogP contribution < -0.4 is 20.7 Å². The monoisotopic (exact) mass is 533 g/mol. The van der Waals surface area contributed by atoms with Crippen molar-refractivity contribution in [3.8, 4) is 5.75 Å². The van der Waals surface area contributed by atoms with Crippen molar-refractivity contribution in [1.29, 1.82) is 0 Å². The van der Waals surface area contributed by atoms with Gasteiger partial charge in [-0.1, -0.05) is 31.4 Å². The van der Waals surface area contributed by atoms with Crippen molar-refractivity contribution in [3.63, 3.8) is 0 Å². The Morgan fingerprint density at radius 2 is 1.82 bits per heavy atom. The van der Waals surface area contributed by atoms with Crippen molar-refractivity contribution in [2.45, 2.75) is 38.1 Å². The molecular weight excluding hydrogens is 506 g/mol. The van der Waals surface area contributed by atoms with Crippen molar-refractivity contribution in [1.82, 2.24) is 10.6 Å². The molecule has 0 heterocycles. The van der Waals surface area contributed by atoms with E-state index in [4.69, 9.17) is 21.7 Å². The summed E-state index contributed by atoms with van der Waals surface area (Å²) in [5.74, 6) is 0.0927. The summed E-state index contributed by atoms with van der Waals surface area (Å²) in [5.41, 5.74) is 1.44. The van der Waals surface area contributed by atoms with Crippen LogP contribution in [0.25, 0.3) is 0 Å². The number of thiocarbonyl (C=S) groups is 1. The second-order valence-corrected chi connectivity index (χ2v) is 9.01. The summed E-state index contributed by atoms with van der Waals surface area (Å²) >= 11 is 8.74. The average Bonchev–Trinajstić information content (AvgIpc) is 2.81. The smallest absolute Gasteiger partial charge is 0.257 e. The van der Waals surface area contributed by atoms with Gasteiger partial charge in [-0.3, -0.25) is 14.9 Å². The Kier molecular flexibility index (Phi) is 9.65. The largest absolute Gasteiger partial charge is 0.490 e. The third-order valence-corrected chi connectivity index (χ3v) is 6.15. The quantitative estimate of drug-likeness (QED) is 0.337. The van der Waals surface area contributed by atoms with Gasteiger partial charge >= 0.3 is 0 Å². The van der Waals surface area contributed by atoms with Gasteiger partial charge in [-0.25, -0.2) is 0 Å². The molecule has 1 fully saturated rings. The van der Waals surface area contributed by atoms with E-state index in [0.717, 1.165) is 25.7 Å². The maximum Gasteiger partial charge on any atom is 0.257 e. The molecule has 33 heavy (non-hydrogen) atoms. The molecule has 2 amide bonds. The summed E-state index contributed by atoms with van der Waals surface area (Å²) in [6, 6.07) is 12.3. The van der Waals surface area contributed by atoms with E-state index < -0.39 is 0 Å². The highest BCUT2D eigenvalue weighted by Crippen LogP contribution is 2.26. The van der Waals surface area contributed by atoms with E-state index >= 15 is 0 Å². The lowest BCUT2D eigenvalue weighted by molar-refractivity contribution is 0.0927. The summed E-state index contributed by atoms with van der Waals surface area (Å²) in [4.78, 5) is 25.5. The summed E-state index contributed by atoms with van der Waals surface area (Å²) in [7, 11) is 1.60. The number of benzene rings is 2. The molecular formula is C24H28BrN3O4S. The second kappa shape index (κ2) is 12.7. The number of hydrogen-bond donors (Lipinski definition) is 3. The molecule has 2 aromatic carbocycles. The van der Waals surface area contributed by atoms with Gasteiger partial charge in [-0.2, -0.15) is 0 Å². The zero-order chi connectivity index (χ0) is 23.6. The molecule has 0 aliphatic heterocycles. The van der Waals surface area contributed by atoms with Crippen molar-refractivity contribution >= 4 is 50.8 Å². The topological polar surface area (TPSA) is 88.7 Å². The first-order valence-corrected chi connectivity index (χ1v) is 12.1. The summed E-state index contributed by atoms with van der Waals surface area (Å²) in [5, 5.41) is 8.85. The number of carbonyl (C=O) groups is 2. The predicted molar refractivity (Wildman–Crippen MR) is 136 cm³/mol. The third-order valence-electron chi connectivity index (χ3n) is 5.33. The summed E-state index contributed by atoms with van der Waals surface area (Å²) < 4.78 is 11.2. The molecule has 2 aromatic rings. The van der Waals surface area contributed by atoms with Gasteiger partial charge in [0.15, 0.2) is 5.11 Å². The van der Waals surface area contributed by atoms with Crippen LogP contribution in [-0.4, -0.2) is 43.3 Å². The van der Waals surface area contributed by atoms with Crippen LogP contribution in [0.5, 0.6) is 5.75 Å². The van der Waals surface area contributed by atoms with E-state index in [1.807, 2.05) is 6.07 Å². The predicted octanol–water partition coefficient (Wildman–Crippen LogP) is 4.66. The van der Waals surface area contributed by atoms with Gasteiger partial charge in [-0.05, 0) is 71.3 Å². The molecule has 0 aromatic heterocycles. The van der Waals surface area contributed by atoms with Gasteiger partial charge in [0.2, 0.25) is 0 Å². The maximum atomic E-state index is 12.8. The molecule has 0 unspecified atom stereocenters. The lowest BCUT2D eigenvalue weighted by atomic mass is 9.95. The van der Waals surface area contributed by atoms with Crippen LogP contribution in [0.1, 0.15) is 52.8 Å². The molecule has 176 valence electrons. The van der Waals surface area contributed by atoms with Crippen molar-refractivity contribution in [2.75, 3.05) is 25.6 Å². The fourth-order valence-corrected chi connectivity index (χ4v) is 4.32. The Balaban J connectivity index is 1.60. The van der Waals surface area contributed by atoms with E-state index in [0.29, 0.717) is 40.3 Å². The Bertz CT molecular complexity index is 995. The molecule has 1 aliphatic carbocycles. The molecule has 1 aliphatic rings. The van der Waals surface area contributed by atoms with E-state index in [1.165, 1.54) is 6.42 Å². The number of ether oxygens (including phenoxy) is 2. The highest BCUT2D eigenvalue weighted by atomic mass is 79.9. The molecule has 9 heteroatoms. The minimum Gasteiger partial charge on any atom is -0.490 e. The SMILES string of the molecule is COCCOc1ccc(C(=O)NC(=S)Nc2ccccc2C(=O)NC2CCCCC2)cc1Br. The lowest BCUT2D eigenvalue weighted by Crippen LogP contribution is -2.37. The van der Waals surface area contributed by atoms with Gasteiger partial charge in [-0.15, -0.1) is 0 Å². The normalized spacial score (nSPS) is 13.8. The Labute approximate surface area is 207 Å². The van der Waals surface area contributed by atoms with Crippen molar-refractivity contribution < 1.29 is 19.1 Å². The zero-order valence-electron chi connectivity index (χ0n) is 18.5. The number of para-hydroxylation sites is 1. The minimum absolute atomic E-state index is 0.106. The molecule has 7 nitrogen and oxygen atoms in total. The van der Waals surface area contributed by atoms with Crippen LogP contribution >= 0.6 is 28.1 Å². The molecule has 0 spiro atoms. The molecule has 0 bridgehead atoms. The van der Waals surface area contributed by atoms with E-state index in [1.54, 1.807) is 43.5 Å². The van der Waals surface area contributed by atoms with Crippen LogP contribution in [0.15, 0.2) is 46.9 Å². The number of nitrogens with one attached hydrogen (secondary N) is 3. The number of amides is 2. The summed E-state index contributed by atoms with van der Waals surface area (Å²) in [6.45, 7) is 0.872. The van der Waals surface area contributed by atoms with E-state index in [-0.39, 0.29) is 23.0 Å². The summed E-state index contributed by atoms with van der Waals surface area (Å²) in [6.07, 6.45) is 5.50. The molecule has 0 radical (unpaired) electrons. The molecule has 0 atom stereocenters. The fraction of sp³-hybridized carbons (Fsp3) is 0.375. The highest BCUT2D eigenvalue weighted by Gasteiger charge is 2.19. The molecule has 0 saturated heterocycles. The standard InChI is InChI=1S/C24H28BrN3O4S/c1-31-13-14-32-21-12-11-16(15-19(21)25)22(29)28-24(33)27-20-10-6-5-9-18(20)23(30)26-17-7-3-2-4-8-17/h5-6,9-12,15,17H,2-4,7-8,13-14H2,1H3,(H,26,30)(H2,27,28,29,33). The van der Waals surface area contributed by atoms with E-state index in [2.05, 4.69) is 31.9 Å². The van der Waals surface area contributed by atoms with Gasteiger partial charge in [0.05, 0.1) is 22.3 Å². The number of rotatable bonds is 8. The van der Waals surface area contributed by atoms with Crippen LogP contribution in [0.2, 0.25) is 0 Å². The van der Waals surface area contributed by atoms with Crippen molar-refractivity contribution in [3.05, 3.63) is 58.1 Å². The number of halogens is 1. The maximum absolute atomic E-state index is 12.8. The minimum atomic E-state index is -0.374. The first kappa shape index (κ1) is 25.1. The number of methoxy groups -OCH3 is 1. The average molecular weight is 534 g/mol. The number of hydrogen-bond acceptors (Lipinski definition) is 5. The number of anilines is 1. The van der Waals surface area contributed by atoms with Crippen molar-refractivity contribution in [2.24, 2.45) is 0 Å². The Morgan fingerprint density at radius 3 is 2.55 bits per heavy atom.